The second-order valence-electron chi connectivity index (χ2n) is 6.71. The summed E-state index contributed by atoms with van der Waals surface area (Å²) in [6, 6.07) is 12.6. The van der Waals surface area contributed by atoms with Crippen LogP contribution in [0.3, 0.4) is 0 Å². The van der Waals surface area contributed by atoms with Crippen LogP contribution in [0.4, 0.5) is 14.5 Å². The Balaban J connectivity index is 1.65. The minimum atomic E-state index is -1.05. The topological polar surface area (TPSA) is 40.6 Å². The zero-order valence-corrected chi connectivity index (χ0v) is 15.2. The van der Waals surface area contributed by atoms with Crippen LogP contribution in [-0.4, -0.2) is 36.3 Å². The standard InChI is InChI=1S/C21H22F2N2O2/c1-2-3-11-25(17-7-5-4-6-8-17)21(27)16-13-24(14-16)20(26)15-9-10-18(22)19(23)12-15/h4-10,12,16H,2-3,11,13-14H2,1H3. The molecule has 0 unspecified atom stereocenters. The van der Waals surface area contributed by atoms with Gasteiger partial charge in [0.1, 0.15) is 0 Å². The number of benzene rings is 2. The van der Waals surface area contributed by atoms with Crippen LogP contribution < -0.4 is 4.90 Å². The van der Waals surface area contributed by atoms with Crippen LogP contribution in [0, 0.1) is 17.6 Å². The van der Waals surface area contributed by atoms with Crippen molar-refractivity contribution in [1.82, 2.24) is 4.90 Å². The highest BCUT2D eigenvalue weighted by atomic mass is 19.2. The van der Waals surface area contributed by atoms with Crippen LogP contribution in [0.1, 0.15) is 30.1 Å². The summed E-state index contributed by atoms with van der Waals surface area (Å²) in [5.74, 6) is -2.72. The van der Waals surface area contributed by atoms with Gasteiger partial charge in [-0.25, -0.2) is 8.78 Å². The first-order valence-electron chi connectivity index (χ1n) is 9.12. The zero-order valence-electron chi connectivity index (χ0n) is 15.2. The lowest BCUT2D eigenvalue weighted by molar-refractivity contribution is -0.126. The molecule has 1 saturated heterocycles. The fourth-order valence-corrected chi connectivity index (χ4v) is 3.12. The molecule has 3 rings (SSSR count). The van der Waals surface area contributed by atoms with Gasteiger partial charge < -0.3 is 9.80 Å². The van der Waals surface area contributed by atoms with E-state index in [4.69, 9.17) is 0 Å². The van der Waals surface area contributed by atoms with Gasteiger partial charge in [-0.3, -0.25) is 9.59 Å². The van der Waals surface area contributed by atoms with Crippen molar-refractivity contribution in [2.24, 2.45) is 5.92 Å². The molecular weight excluding hydrogens is 350 g/mol. The predicted molar refractivity (Wildman–Crippen MR) is 99.5 cm³/mol. The first-order valence-corrected chi connectivity index (χ1v) is 9.12. The van der Waals surface area contributed by atoms with Gasteiger partial charge in [0.05, 0.1) is 5.92 Å². The van der Waals surface area contributed by atoms with E-state index in [9.17, 15) is 18.4 Å². The number of nitrogens with zero attached hydrogens (tertiary/aromatic N) is 2. The van der Waals surface area contributed by atoms with E-state index < -0.39 is 17.5 Å². The third-order valence-electron chi connectivity index (χ3n) is 4.75. The fourth-order valence-electron chi connectivity index (χ4n) is 3.12. The van der Waals surface area contributed by atoms with E-state index in [0.717, 1.165) is 30.7 Å². The highest BCUT2D eigenvalue weighted by Gasteiger charge is 2.38. The molecule has 0 atom stereocenters. The van der Waals surface area contributed by atoms with Gasteiger partial charge >= 0.3 is 0 Å². The highest BCUT2D eigenvalue weighted by Crippen LogP contribution is 2.25. The third kappa shape index (κ3) is 4.15. The molecule has 0 radical (unpaired) electrons. The average molecular weight is 372 g/mol. The van der Waals surface area contributed by atoms with Crippen molar-refractivity contribution in [2.45, 2.75) is 19.8 Å². The molecule has 2 aromatic rings. The van der Waals surface area contributed by atoms with Crippen molar-refractivity contribution in [1.29, 1.82) is 0 Å². The van der Waals surface area contributed by atoms with Gasteiger partial charge in [0.2, 0.25) is 5.91 Å². The first-order chi connectivity index (χ1) is 13.0. The summed E-state index contributed by atoms with van der Waals surface area (Å²) < 4.78 is 26.4. The summed E-state index contributed by atoms with van der Waals surface area (Å²) in [4.78, 5) is 28.6. The quantitative estimate of drug-likeness (QED) is 0.772. The molecule has 1 aliphatic rings. The average Bonchev–Trinajstić information content (AvgIpc) is 2.64. The lowest BCUT2D eigenvalue weighted by Crippen LogP contribution is -2.56. The Hall–Kier alpha value is -2.76. The molecule has 1 aliphatic heterocycles. The maximum absolute atomic E-state index is 13.3. The molecule has 2 amide bonds. The third-order valence-corrected chi connectivity index (χ3v) is 4.75. The van der Waals surface area contributed by atoms with Crippen LogP contribution in [0.15, 0.2) is 48.5 Å². The van der Waals surface area contributed by atoms with Gasteiger partial charge in [-0.05, 0) is 36.8 Å². The molecule has 2 aromatic carbocycles. The Bertz CT molecular complexity index is 820. The van der Waals surface area contributed by atoms with E-state index in [2.05, 4.69) is 6.92 Å². The molecule has 27 heavy (non-hydrogen) atoms. The number of rotatable bonds is 6. The van der Waals surface area contributed by atoms with Crippen LogP contribution in [0.25, 0.3) is 0 Å². The number of halogens is 2. The van der Waals surface area contributed by atoms with E-state index in [1.54, 1.807) is 4.90 Å². The molecule has 0 spiro atoms. The molecule has 6 heteroatoms. The van der Waals surface area contributed by atoms with Crippen LogP contribution >= 0.6 is 0 Å². The van der Waals surface area contributed by atoms with Crippen LogP contribution in [0.2, 0.25) is 0 Å². The zero-order chi connectivity index (χ0) is 19.4. The lowest BCUT2D eigenvalue weighted by Gasteiger charge is -2.40. The fraction of sp³-hybridized carbons (Fsp3) is 0.333. The SMILES string of the molecule is CCCCN(C(=O)C1CN(C(=O)c2ccc(F)c(F)c2)C1)c1ccccc1. The number of unbranched alkanes of at least 4 members (excludes halogenated alkanes) is 1. The molecule has 0 aliphatic carbocycles. The molecule has 0 saturated carbocycles. The maximum atomic E-state index is 13.3. The second kappa shape index (κ2) is 8.29. The normalized spacial score (nSPS) is 14.0. The largest absolute Gasteiger partial charge is 0.337 e. The van der Waals surface area contributed by atoms with Crippen molar-refractivity contribution >= 4 is 17.5 Å². The Labute approximate surface area is 157 Å². The summed E-state index contributed by atoms with van der Waals surface area (Å²) in [6.07, 6.45) is 1.87. The summed E-state index contributed by atoms with van der Waals surface area (Å²) in [7, 11) is 0. The monoisotopic (exact) mass is 372 g/mol. The van der Waals surface area contributed by atoms with Crippen molar-refractivity contribution in [3.63, 3.8) is 0 Å². The number of carbonyl (C=O) groups is 2. The number of carbonyl (C=O) groups excluding carboxylic acids is 2. The Kier molecular flexibility index (Phi) is 5.84. The molecule has 4 nitrogen and oxygen atoms in total. The van der Waals surface area contributed by atoms with Gasteiger partial charge in [0.25, 0.3) is 5.91 Å². The number of para-hydroxylation sites is 1. The summed E-state index contributed by atoms with van der Waals surface area (Å²) >= 11 is 0. The predicted octanol–water partition coefficient (Wildman–Crippen LogP) is 3.87. The molecule has 0 aromatic heterocycles. The molecular formula is C21H22F2N2O2. The van der Waals surface area contributed by atoms with Crippen molar-refractivity contribution < 1.29 is 18.4 Å². The van der Waals surface area contributed by atoms with E-state index >= 15 is 0 Å². The first kappa shape index (κ1) is 19.0. The molecule has 0 bridgehead atoms. The van der Waals surface area contributed by atoms with Crippen LogP contribution in [0.5, 0.6) is 0 Å². The second-order valence-corrected chi connectivity index (χ2v) is 6.71. The maximum Gasteiger partial charge on any atom is 0.254 e. The Morgan fingerprint density at radius 3 is 2.41 bits per heavy atom. The van der Waals surface area contributed by atoms with Crippen molar-refractivity contribution in [3.8, 4) is 0 Å². The van der Waals surface area contributed by atoms with Gasteiger partial charge in [0, 0.05) is 30.9 Å². The van der Waals surface area contributed by atoms with Gasteiger partial charge in [-0.2, -0.15) is 0 Å². The van der Waals surface area contributed by atoms with Gasteiger partial charge in [-0.15, -0.1) is 0 Å². The number of likely N-dealkylation sites (tertiary alicyclic amines) is 1. The molecule has 1 heterocycles. The Morgan fingerprint density at radius 1 is 1.07 bits per heavy atom. The number of hydrogen-bond donors (Lipinski definition) is 0. The minimum absolute atomic E-state index is 0.0102. The van der Waals surface area contributed by atoms with E-state index in [-0.39, 0.29) is 30.5 Å². The minimum Gasteiger partial charge on any atom is -0.337 e. The van der Waals surface area contributed by atoms with Crippen LogP contribution in [-0.2, 0) is 4.79 Å². The van der Waals surface area contributed by atoms with Gasteiger partial charge in [0.15, 0.2) is 11.6 Å². The van der Waals surface area contributed by atoms with E-state index in [1.165, 1.54) is 11.0 Å². The van der Waals surface area contributed by atoms with E-state index in [0.29, 0.717) is 6.54 Å². The molecule has 0 N–H and O–H groups in total. The summed E-state index contributed by atoms with van der Waals surface area (Å²) in [5, 5.41) is 0. The number of anilines is 1. The van der Waals surface area contributed by atoms with Crippen molar-refractivity contribution in [2.75, 3.05) is 24.5 Å². The summed E-state index contributed by atoms with van der Waals surface area (Å²) in [6.45, 7) is 3.27. The number of amides is 2. The smallest absolute Gasteiger partial charge is 0.254 e. The summed E-state index contributed by atoms with van der Waals surface area (Å²) in [5.41, 5.74) is 0.937. The van der Waals surface area contributed by atoms with Gasteiger partial charge in [-0.1, -0.05) is 31.5 Å². The highest BCUT2D eigenvalue weighted by molar-refractivity contribution is 5.99. The lowest BCUT2D eigenvalue weighted by atomic mass is 9.96. The van der Waals surface area contributed by atoms with E-state index in [1.807, 2.05) is 30.3 Å². The molecule has 1 fully saturated rings. The Morgan fingerprint density at radius 2 is 1.78 bits per heavy atom. The van der Waals surface area contributed by atoms with Crippen molar-refractivity contribution in [3.05, 3.63) is 65.7 Å². The molecule has 142 valence electrons. The number of hydrogen-bond acceptors (Lipinski definition) is 2.